The molecule has 80 valence electrons. The Labute approximate surface area is 88.5 Å². The standard InChI is InChI=1S/C9H5ClF3NO/c10-7-3-5(1-2-14)6(4-8(7)15)9(11,12)13/h3-4,15H,1H2. The highest BCUT2D eigenvalue weighted by Crippen LogP contribution is 2.37. The molecule has 1 aromatic carbocycles. The van der Waals surface area contributed by atoms with E-state index in [-0.39, 0.29) is 10.6 Å². The summed E-state index contributed by atoms with van der Waals surface area (Å²) in [5, 5.41) is 17.2. The molecule has 2 nitrogen and oxygen atoms in total. The lowest BCUT2D eigenvalue weighted by molar-refractivity contribution is -0.138. The molecule has 6 heteroatoms. The van der Waals surface area contributed by atoms with Crippen LogP contribution >= 0.6 is 11.6 Å². The van der Waals surface area contributed by atoms with E-state index < -0.39 is 23.9 Å². The summed E-state index contributed by atoms with van der Waals surface area (Å²) in [6.45, 7) is 0. The monoisotopic (exact) mass is 235 g/mol. The minimum atomic E-state index is -4.60. The van der Waals surface area contributed by atoms with Crippen molar-refractivity contribution >= 4 is 11.6 Å². The van der Waals surface area contributed by atoms with Crippen LogP contribution in [-0.2, 0) is 12.6 Å². The summed E-state index contributed by atoms with van der Waals surface area (Å²) in [7, 11) is 0. The quantitative estimate of drug-likeness (QED) is 0.813. The molecule has 0 spiro atoms. The summed E-state index contributed by atoms with van der Waals surface area (Å²) in [6.07, 6.45) is -5.01. The summed E-state index contributed by atoms with van der Waals surface area (Å²) in [5.74, 6) is -0.648. The van der Waals surface area contributed by atoms with Crippen LogP contribution in [-0.4, -0.2) is 5.11 Å². The summed E-state index contributed by atoms with van der Waals surface area (Å²) < 4.78 is 37.3. The normalized spacial score (nSPS) is 11.1. The number of benzene rings is 1. The van der Waals surface area contributed by atoms with Crippen LogP contribution in [0.1, 0.15) is 11.1 Å². The van der Waals surface area contributed by atoms with Gasteiger partial charge in [0.05, 0.1) is 23.1 Å². The summed E-state index contributed by atoms with van der Waals surface area (Å²) in [6, 6.07) is 3.07. The van der Waals surface area contributed by atoms with Crippen molar-refractivity contribution in [1.29, 1.82) is 5.26 Å². The molecule has 1 N–H and O–H groups in total. The molecule has 0 aliphatic carbocycles. The first kappa shape index (κ1) is 11.7. The van der Waals surface area contributed by atoms with Gasteiger partial charge in [-0.25, -0.2) is 0 Å². The molecule has 0 saturated heterocycles. The van der Waals surface area contributed by atoms with Crippen LogP contribution in [0.15, 0.2) is 12.1 Å². The summed E-state index contributed by atoms with van der Waals surface area (Å²) in [4.78, 5) is 0. The van der Waals surface area contributed by atoms with E-state index >= 15 is 0 Å². The van der Waals surface area contributed by atoms with E-state index in [4.69, 9.17) is 22.0 Å². The Hall–Kier alpha value is -1.41. The highest BCUT2D eigenvalue weighted by molar-refractivity contribution is 6.32. The van der Waals surface area contributed by atoms with Gasteiger partial charge in [0.25, 0.3) is 0 Å². The molecule has 0 unspecified atom stereocenters. The molecule has 0 radical (unpaired) electrons. The Balaban J connectivity index is 3.36. The van der Waals surface area contributed by atoms with Crippen molar-refractivity contribution in [3.8, 4) is 11.8 Å². The van der Waals surface area contributed by atoms with Gasteiger partial charge in [0, 0.05) is 0 Å². The van der Waals surface area contributed by atoms with Gasteiger partial charge in [-0.05, 0) is 17.7 Å². The molecule has 0 fully saturated rings. The second-order valence-corrected chi connectivity index (χ2v) is 3.20. The molecule has 0 aliphatic rings. The molecule has 0 atom stereocenters. The van der Waals surface area contributed by atoms with Crippen molar-refractivity contribution in [2.75, 3.05) is 0 Å². The Morgan fingerprint density at radius 2 is 2.00 bits per heavy atom. The minimum Gasteiger partial charge on any atom is -0.506 e. The van der Waals surface area contributed by atoms with Gasteiger partial charge in [0.15, 0.2) is 0 Å². The predicted octanol–water partition coefficient (Wildman–Crippen LogP) is 3.13. The van der Waals surface area contributed by atoms with Crippen LogP contribution in [0.25, 0.3) is 0 Å². The second kappa shape index (κ2) is 3.99. The fraction of sp³-hybridized carbons (Fsp3) is 0.222. The molecule has 0 bridgehead atoms. The molecule has 0 aromatic heterocycles. The fourth-order valence-electron chi connectivity index (χ4n) is 1.10. The third-order valence-corrected chi connectivity index (χ3v) is 2.05. The highest BCUT2D eigenvalue weighted by atomic mass is 35.5. The van der Waals surface area contributed by atoms with E-state index in [0.29, 0.717) is 6.07 Å². The average Bonchev–Trinajstić information content (AvgIpc) is 2.09. The van der Waals surface area contributed by atoms with E-state index in [1.807, 2.05) is 0 Å². The van der Waals surface area contributed by atoms with E-state index in [0.717, 1.165) is 6.07 Å². The zero-order valence-corrected chi connectivity index (χ0v) is 8.02. The van der Waals surface area contributed by atoms with Crippen molar-refractivity contribution < 1.29 is 18.3 Å². The molecule has 0 aliphatic heterocycles. The first-order valence-corrected chi connectivity index (χ1v) is 4.19. The number of phenols is 1. The lowest BCUT2D eigenvalue weighted by Gasteiger charge is -2.12. The van der Waals surface area contributed by atoms with Crippen LogP contribution < -0.4 is 0 Å². The maximum Gasteiger partial charge on any atom is 0.416 e. The van der Waals surface area contributed by atoms with E-state index in [2.05, 4.69) is 0 Å². The maximum atomic E-state index is 12.4. The van der Waals surface area contributed by atoms with Gasteiger partial charge in [0.2, 0.25) is 0 Å². The van der Waals surface area contributed by atoms with Gasteiger partial charge in [-0.15, -0.1) is 0 Å². The van der Waals surface area contributed by atoms with Crippen LogP contribution in [0.5, 0.6) is 5.75 Å². The van der Waals surface area contributed by atoms with Crippen molar-refractivity contribution in [3.63, 3.8) is 0 Å². The van der Waals surface area contributed by atoms with Gasteiger partial charge in [0.1, 0.15) is 5.75 Å². The smallest absolute Gasteiger partial charge is 0.416 e. The number of alkyl halides is 3. The number of halogens is 4. The van der Waals surface area contributed by atoms with Crippen molar-refractivity contribution in [2.45, 2.75) is 12.6 Å². The Morgan fingerprint density at radius 1 is 1.40 bits per heavy atom. The predicted molar refractivity (Wildman–Crippen MR) is 47.4 cm³/mol. The minimum absolute atomic E-state index is 0.201. The molecule has 1 rings (SSSR count). The number of nitrogens with zero attached hydrogens (tertiary/aromatic N) is 1. The van der Waals surface area contributed by atoms with E-state index in [1.54, 1.807) is 6.07 Å². The number of rotatable bonds is 1. The Morgan fingerprint density at radius 3 is 2.47 bits per heavy atom. The average molecular weight is 236 g/mol. The van der Waals surface area contributed by atoms with Crippen LogP contribution in [0, 0.1) is 11.3 Å². The van der Waals surface area contributed by atoms with Gasteiger partial charge < -0.3 is 5.11 Å². The fourth-order valence-corrected chi connectivity index (χ4v) is 1.28. The van der Waals surface area contributed by atoms with Gasteiger partial charge >= 0.3 is 6.18 Å². The van der Waals surface area contributed by atoms with Gasteiger partial charge in [-0.2, -0.15) is 18.4 Å². The molecular formula is C9H5ClF3NO. The molecule has 0 saturated carbocycles. The summed E-state index contributed by atoms with van der Waals surface area (Å²) in [5.41, 5.74) is -1.28. The number of aromatic hydroxyl groups is 1. The number of phenolic OH excluding ortho intramolecular Hbond substituents is 1. The maximum absolute atomic E-state index is 12.4. The van der Waals surface area contributed by atoms with Crippen LogP contribution in [0.4, 0.5) is 13.2 Å². The Kier molecular flexibility index (Phi) is 3.10. The zero-order valence-electron chi connectivity index (χ0n) is 7.27. The van der Waals surface area contributed by atoms with E-state index in [1.165, 1.54) is 0 Å². The van der Waals surface area contributed by atoms with Crippen molar-refractivity contribution in [2.24, 2.45) is 0 Å². The molecule has 15 heavy (non-hydrogen) atoms. The number of hydrogen-bond acceptors (Lipinski definition) is 2. The van der Waals surface area contributed by atoms with E-state index in [9.17, 15) is 13.2 Å². The number of nitriles is 1. The van der Waals surface area contributed by atoms with Crippen molar-refractivity contribution in [3.05, 3.63) is 28.3 Å². The third-order valence-electron chi connectivity index (χ3n) is 1.75. The molecular weight excluding hydrogens is 231 g/mol. The van der Waals surface area contributed by atoms with Crippen LogP contribution in [0.2, 0.25) is 5.02 Å². The lowest BCUT2D eigenvalue weighted by atomic mass is 10.0. The number of hydrogen-bond donors (Lipinski definition) is 1. The molecule has 0 heterocycles. The third kappa shape index (κ3) is 2.54. The van der Waals surface area contributed by atoms with Crippen molar-refractivity contribution in [1.82, 2.24) is 0 Å². The second-order valence-electron chi connectivity index (χ2n) is 2.79. The van der Waals surface area contributed by atoms with Crippen LogP contribution in [0.3, 0.4) is 0 Å². The summed E-state index contributed by atoms with van der Waals surface area (Å²) >= 11 is 5.44. The topological polar surface area (TPSA) is 44.0 Å². The molecule has 1 aromatic rings. The van der Waals surface area contributed by atoms with Gasteiger partial charge in [-0.3, -0.25) is 0 Å². The SMILES string of the molecule is N#CCc1cc(Cl)c(O)cc1C(F)(F)F. The first-order valence-electron chi connectivity index (χ1n) is 3.81. The zero-order chi connectivity index (χ0) is 11.6. The van der Waals surface area contributed by atoms with Gasteiger partial charge in [-0.1, -0.05) is 11.6 Å². The largest absolute Gasteiger partial charge is 0.506 e. The Bertz CT molecular complexity index is 423. The molecule has 0 amide bonds. The lowest BCUT2D eigenvalue weighted by Crippen LogP contribution is -2.08. The first-order chi connectivity index (χ1) is 6.86. The highest BCUT2D eigenvalue weighted by Gasteiger charge is 2.34.